The molecule has 4 aromatic rings. The molecule has 0 radical (unpaired) electrons. The number of rotatable bonds is 15. The van der Waals surface area contributed by atoms with Crippen LogP contribution in [0.2, 0.25) is 10.0 Å². The minimum absolute atomic E-state index is 0.189. The van der Waals surface area contributed by atoms with E-state index in [0.29, 0.717) is 50.6 Å². The maximum atomic E-state index is 13.2. The molecule has 2 amide bonds. The van der Waals surface area contributed by atoms with E-state index in [0.717, 1.165) is 25.0 Å². The van der Waals surface area contributed by atoms with Crippen LogP contribution >= 0.6 is 23.2 Å². The second-order valence-electron chi connectivity index (χ2n) is 12.8. The highest BCUT2D eigenvalue weighted by molar-refractivity contribution is 6.34. The number of H-pyrrole nitrogens is 1. The molecule has 0 bridgehead atoms. The molecule has 2 aromatic carbocycles. The maximum absolute atomic E-state index is 13.2. The Morgan fingerprint density at radius 2 is 1.63 bits per heavy atom. The molecular weight excluding hydrogens is 623 g/mol. The summed E-state index contributed by atoms with van der Waals surface area (Å²) < 4.78 is 7.07. The molecule has 11 heteroatoms. The highest BCUT2D eigenvalue weighted by Crippen LogP contribution is 2.32. The Labute approximate surface area is 282 Å². The van der Waals surface area contributed by atoms with Crippen LogP contribution in [0.3, 0.4) is 0 Å². The molecule has 9 nitrogen and oxygen atoms in total. The summed E-state index contributed by atoms with van der Waals surface area (Å²) in [6, 6.07) is 11.6. The average molecular weight is 670 g/mol. The van der Waals surface area contributed by atoms with Gasteiger partial charge < -0.3 is 10.1 Å². The second kappa shape index (κ2) is 16.3. The third kappa shape index (κ3) is 9.26. The highest BCUT2D eigenvalue weighted by atomic mass is 35.5. The lowest BCUT2D eigenvalue weighted by Crippen LogP contribution is -2.31. The van der Waals surface area contributed by atoms with Gasteiger partial charge in [-0.15, -0.1) is 5.10 Å². The highest BCUT2D eigenvalue weighted by Gasteiger charge is 2.24. The molecule has 4 rings (SSSR count). The summed E-state index contributed by atoms with van der Waals surface area (Å²) in [5, 5.41) is 11.5. The molecule has 0 saturated heterocycles. The molecule has 46 heavy (non-hydrogen) atoms. The Morgan fingerprint density at radius 1 is 0.957 bits per heavy atom. The molecule has 2 aromatic heterocycles. The van der Waals surface area contributed by atoms with Crippen LogP contribution in [-0.4, -0.2) is 45.5 Å². The van der Waals surface area contributed by atoms with Crippen molar-refractivity contribution < 1.29 is 14.3 Å². The van der Waals surface area contributed by atoms with Crippen LogP contribution in [0.25, 0.3) is 17.0 Å². The number of unbranched alkanes of at least 4 members (excludes halogenated alkanes) is 9. The zero-order valence-electron chi connectivity index (χ0n) is 27.6. The number of nitrogens with zero attached hydrogens (tertiary/aromatic N) is 4. The van der Waals surface area contributed by atoms with Crippen LogP contribution in [0.5, 0.6) is 0 Å². The molecule has 0 aliphatic rings. The molecule has 2 N–H and O–H groups in total. The Bertz CT molecular complexity index is 1620. The Morgan fingerprint density at radius 3 is 2.28 bits per heavy atom. The number of anilines is 2. The monoisotopic (exact) mass is 668 g/mol. The topological polar surface area (TPSA) is 105 Å². The van der Waals surface area contributed by atoms with Crippen molar-refractivity contribution in [3.05, 3.63) is 63.8 Å². The Balaban J connectivity index is 1.31. The number of aromatic nitrogens is 4. The van der Waals surface area contributed by atoms with E-state index < -0.39 is 12.0 Å². The summed E-state index contributed by atoms with van der Waals surface area (Å²) in [5.74, 6) is 0.0269. The van der Waals surface area contributed by atoms with Gasteiger partial charge in [0.2, 0.25) is 0 Å². The van der Waals surface area contributed by atoms with Crippen LogP contribution in [0, 0.1) is 0 Å². The van der Waals surface area contributed by atoms with E-state index >= 15 is 0 Å². The minimum Gasteiger partial charge on any atom is -0.462 e. The van der Waals surface area contributed by atoms with E-state index in [1.54, 1.807) is 48.1 Å². The summed E-state index contributed by atoms with van der Waals surface area (Å²) in [4.78, 5) is 32.0. The second-order valence-corrected chi connectivity index (χ2v) is 13.6. The van der Waals surface area contributed by atoms with E-state index in [1.165, 1.54) is 49.8 Å². The number of nitrogens with one attached hydrogen (secondary N) is 2. The number of hydrogen-bond acceptors (Lipinski definition) is 5. The van der Waals surface area contributed by atoms with Gasteiger partial charge in [-0.2, -0.15) is 4.63 Å². The van der Waals surface area contributed by atoms with E-state index in [4.69, 9.17) is 27.9 Å². The van der Waals surface area contributed by atoms with Crippen LogP contribution < -0.4 is 10.2 Å². The fraction of sp³-hybridized carbons (Fsp3) is 0.486. The molecule has 0 spiro atoms. The van der Waals surface area contributed by atoms with Crippen LogP contribution in [0.4, 0.5) is 16.2 Å². The first-order chi connectivity index (χ1) is 22.0. The first-order valence-corrected chi connectivity index (χ1v) is 17.0. The van der Waals surface area contributed by atoms with Crippen molar-refractivity contribution >= 4 is 52.2 Å². The van der Waals surface area contributed by atoms with Crippen molar-refractivity contribution in [2.75, 3.05) is 23.9 Å². The number of amides is 2. The van der Waals surface area contributed by atoms with E-state index in [9.17, 15) is 9.59 Å². The number of urea groups is 1. The molecule has 248 valence electrons. The summed E-state index contributed by atoms with van der Waals surface area (Å²) in [6.07, 6.45) is 12.1. The van der Waals surface area contributed by atoms with Gasteiger partial charge in [-0.05, 0) is 36.8 Å². The number of aromatic amines is 1. The summed E-state index contributed by atoms with van der Waals surface area (Å²) in [7, 11) is 1.59. The number of hydrogen-bond donors (Lipinski definition) is 2. The van der Waals surface area contributed by atoms with Crippen LogP contribution in [0.1, 0.15) is 108 Å². The number of carbonyl (C=O) groups excluding carboxylic acids is 2. The number of carbonyl (C=O) groups is 2. The molecule has 0 fully saturated rings. The Hall–Kier alpha value is -3.56. The lowest BCUT2D eigenvalue weighted by Gasteiger charge is -2.20. The van der Waals surface area contributed by atoms with Crippen molar-refractivity contribution in [3.63, 3.8) is 0 Å². The number of esters is 1. The van der Waals surface area contributed by atoms with Crippen molar-refractivity contribution in [1.29, 1.82) is 0 Å². The van der Waals surface area contributed by atoms with Crippen molar-refractivity contribution in [2.45, 2.75) is 97.3 Å². The third-order valence-corrected chi connectivity index (χ3v) is 8.62. The molecule has 0 saturated carbocycles. The predicted octanol–water partition coefficient (Wildman–Crippen LogP) is 10.1. The van der Waals surface area contributed by atoms with Crippen molar-refractivity contribution in [3.8, 4) is 11.4 Å². The van der Waals surface area contributed by atoms with Gasteiger partial charge in [0, 0.05) is 23.7 Å². The first-order valence-electron chi connectivity index (χ1n) is 16.3. The van der Waals surface area contributed by atoms with Gasteiger partial charge in [0.1, 0.15) is 5.02 Å². The molecular formula is C35H46Cl2N6O3. The van der Waals surface area contributed by atoms with Crippen LogP contribution in [0.15, 0.2) is 42.5 Å². The fourth-order valence-electron chi connectivity index (χ4n) is 5.21. The normalized spacial score (nSPS) is 11.6. The van der Waals surface area contributed by atoms with E-state index in [2.05, 4.69) is 48.2 Å². The van der Waals surface area contributed by atoms with Gasteiger partial charge in [-0.1, -0.05) is 121 Å². The zero-order chi connectivity index (χ0) is 33.3. The lowest BCUT2D eigenvalue weighted by atomic mass is 9.92. The summed E-state index contributed by atoms with van der Waals surface area (Å²) in [6.45, 7) is 8.78. The number of benzene rings is 2. The van der Waals surface area contributed by atoms with Gasteiger partial charge in [0.05, 0.1) is 28.6 Å². The van der Waals surface area contributed by atoms with Crippen LogP contribution in [-0.2, 0) is 10.2 Å². The number of fused-ring (bicyclic) bond motifs is 1. The van der Waals surface area contributed by atoms with Gasteiger partial charge in [-0.3, -0.25) is 10.00 Å². The van der Waals surface area contributed by atoms with E-state index in [1.807, 2.05) is 6.07 Å². The smallest absolute Gasteiger partial charge is 0.338 e. The Kier molecular flexibility index (Phi) is 12.5. The molecule has 0 aliphatic heterocycles. The third-order valence-electron chi connectivity index (χ3n) is 7.94. The number of ether oxygens (including phenoxy) is 1. The molecule has 0 aliphatic carbocycles. The SMILES string of the molecule is CCCCCCCCCCCCOC(=O)c1ccc(Cl)c(N(C)C(=O)Nc2cccc(-c3nc4c(Cl)c(C(C)(C)C)[nH]n4n3)c2)c1. The van der Waals surface area contributed by atoms with Gasteiger partial charge in [0.25, 0.3) is 0 Å². The predicted molar refractivity (Wildman–Crippen MR) is 187 cm³/mol. The van der Waals surface area contributed by atoms with Gasteiger partial charge >= 0.3 is 12.0 Å². The molecule has 2 heterocycles. The summed E-state index contributed by atoms with van der Waals surface area (Å²) >= 11 is 13.0. The quantitative estimate of drug-likeness (QED) is 0.0968. The summed E-state index contributed by atoms with van der Waals surface area (Å²) in [5.41, 5.74) is 3.16. The minimum atomic E-state index is -0.436. The molecule has 0 unspecified atom stereocenters. The van der Waals surface area contributed by atoms with E-state index in [-0.39, 0.29) is 5.41 Å². The fourth-order valence-corrected chi connectivity index (χ4v) is 5.90. The van der Waals surface area contributed by atoms with Gasteiger partial charge in [-0.25, -0.2) is 14.6 Å². The first kappa shape index (κ1) is 35.3. The van der Waals surface area contributed by atoms with Crippen molar-refractivity contribution in [1.82, 2.24) is 19.8 Å². The number of halogens is 2. The largest absolute Gasteiger partial charge is 0.462 e. The van der Waals surface area contributed by atoms with Gasteiger partial charge in [0.15, 0.2) is 11.5 Å². The maximum Gasteiger partial charge on any atom is 0.338 e. The zero-order valence-corrected chi connectivity index (χ0v) is 29.1. The lowest BCUT2D eigenvalue weighted by molar-refractivity contribution is 0.0497. The standard InChI is InChI=1S/C35H46Cl2N6O3/c1-6-7-8-9-10-11-12-13-14-15-21-46-33(44)25-19-20-27(36)28(23-25)42(5)34(45)38-26-18-16-17-24(22-26)31-39-32-29(37)30(35(2,3)4)40-43(32)41-31/h16-20,22-23,40H,6-15,21H2,1-5H3,(H,38,45). The van der Waals surface area contributed by atoms with Crippen molar-refractivity contribution in [2.24, 2.45) is 0 Å². The molecule has 0 atom stereocenters. The average Bonchev–Trinajstić information content (AvgIpc) is 3.59.